The van der Waals surface area contributed by atoms with Crippen LogP contribution in [0.25, 0.3) is 0 Å². The largest absolute Gasteiger partial charge is 0.375 e. The van der Waals surface area contributed by atoms with Gasteiger partial charge in [0.15, 0.2) is 0 Å². The Labute approximate surface area is 125 Å². The number of hydrogen-bond donors (Lipinski definition) is 0. The van der Waals surface area contributed by atoms with Crippen molar-refractivity contribution in [3.8, 4) is 0 Å². The van der Waals surface area contributed by atoms with Gasteiger partial charge in [0.1, 0.15) is 11.2 Å². The molecule has 1 aromatic heterocycles. The predicted octanol–water partition coefficient (Wildman–Crippen LogP) is 0.775. The topological polar surface area (TPSA) is 62.7 Å². The fourth-order valence-corrected chi connectivity index (χ4v) is 2.29. The van der Waals surface area contributed by atoms with Crippen LogP contribution < -0.4 is 0 Å². The minimum Gasteiger partial charge on any atom is -0.375 e. The van der Waals surface area contributed by atoms with Crippen LogP contribution in [0.2, 0.25) is 0 Å². The molecule has 0 atom stereocenters. The van der Waals surface area contributed by atoms with E-state index in [1.807, 2.05) is 0 Å². The Morgan fingerprint density at radius 2 is 1.90 bits per heavy atom. The maximum Gasteiger partial charge on any atom is 0.255 e. The maximum absolute atomic E-state index is 12.3. The number of aromatic nitrogens is 1. The normalized spacial score (nSPS) is 15.3. The Kier molecular flexibility index (Phi) is 5.08. The molecule has 7 heteroatoms. The van der Waals surface area contributed by atoms with E-state index < -0.39 is 0 Å². The molecule has 6 nitrogen and oxygen atoms in total. The number of amides is 2. The Bertz CT molecular complexity index is 484. The summed E-state index contributed by atoms with van der Waals surface area (Å²) in [5.74, 6) is -0.0891. The highest BCUT2D eigenvalue weighted by Crippen LogP contribution is 2.11. The Balaban J connectivity index is 1.92. The van der Waals surface area contributed by atoms with Crippen LogP contribution in [0.1, 0.15) is 10.4 Å². The molecule has 0 radical (unpaired) electrons. The second-order valence-corrected chi connectivity index (χ2v) is 5.29. The van der Waals surface area contributed by atoms with Crippen LogP contribution in [0.15, 0.2) is 22.9 Å². The third-order valence-corrected chi connectivity index (χ3v) is 3.63. The highest BCUT2D eigenvalue weighted by atomic mass is 79.9. The molecule has 1 aliphatic rings. The van der Waals surface area contributed by atoms with Gasteiger partial charge in [0.25, 0.3) is 5.91 Å². The van der Waals surface area contributed by atoms with Crippen LogP contribution in [0.4, 0.5) is 0 Å². The number of piperazine rings is 1. The average molecular weight is 342 g/mol. The average Bonchev–Trinajstić information content (AvgIpc) is 2.48. The van der Waals surface area contributed by atoms with Crippen molar-refractivity contribution in [2.75, 3.05) is 39.9 Å². The zero-order chi connectivity index (χ0) is 14.5. The molecule has 0 N–H and O–H groups in total. The van der Waals surface area contributed by atoms with Crippen molar-refractivity contribution in [1.29, 1.82) is 0 Å². The molecule has 0 aliphatic carbocycles. The summed E-state index contributed by atoms with van der Waals surface area (Å²) in [5, 5.41) is 0. The first kappa shape index (κ1) is 14.9. The lowest BCUT2D eigenvalue weighted by atomic mass is 10.2. The van der Waals surface area contributed by atoms with Gasteiger partial charge in [0, 0.05) is 39.5 Å². The lowest BCUT2D eigenvalue weighted by Gasteiger charge is -2.34. The first-order chi connectivity index (χ1) is 9.61. The molecule has 0 spiro atoms. The van der Waals surface area contributed by atoms with E-state index in [9.17, 15) is 9.59 Å². The van der Waals surface area contributed by atoms with Crippen molar-refractivity contribution in [2.45, 2.75) is 0 Å². The molecule has 1 aromatic rings. The van der Waals surface area contributed by atoms with Crippen molar-refractivity contribution >= 4 is 27.7 Å². The summed E-state index contributed by atoms with van der Waals surface area (Å²) in [5.41, 5.74) is 0.560. The van der Waals surface area contributed by atoms with Crippen LogP contribution in [-0.4, -0.2) is 66.5 Å². The Morgan fingerprint density at radius 3 is 2.45 bits per heavy atom. The molecule has 1 aliphatic heterocycles. The summed E-state index contributed by atoms with van der Waals surface area (Å²) in [7, 11) is 1.50. The van der Waals surface area contributed by atoms with Gasteiger partial charge in [0.05, 0.1) is 5.56 Å². The molecule has 108 valence electrons. The lowest BCUT2D eigenvalue weighted by molar-refractivity contribution is -0.136. The van der Waals surface area contributed by atoms with Crippen molar-refractivity contribution in [3.63, 3.8) is 0 Å². The molecule has 2 amide bonds. The quantitative estimate of drug-likeness (QED) is 0.762. The van der Waals surface area contributed by atoms with Crippen LogP contribution in [0.5, 0.6) is 0 Å². The monoisotopic (exact) mass is 341 g/mol. The van der Waals surface area contributed by atoms with Crippen LogP contribution in [-0.2, 0) is 9.53 Å². The molecule has 2 rings (SSSR count). The first-order valence-electron chi connectivity index (χ1n) is 6.29. The van der Waals surface area contributed by atoms with E-state index in [-0.39, 0.29) is 18.4 Å². The molecular formula is C13H16BrN3O3. The minimum absolute atomic E-state index is 0.0371. The fraction of sp³-hybridized carbons (Fsp3) is 0.462. The highest BCUT2D eigenvalue weighted by Gasteiger charge is 2.24. The number of methoxy groups -OCH3 is 1. The molecule has 0 bridgehead atoms. The van der Waals surface area contributed by atoms with Crippen LogP contribution >= 0.6 is 15.9 Å². The van der Waals surface area contributed by atoms with Crippen LogP contribution in [0.3, 0.4) is 0 Å². The third kappa shape index (κ3) is 3.55. The van der Waals surface area contributed by atoms with Gasteiger partial charge >= 0.3 is 0 Å². The van der Waals surface area contributed by atoms with Gasteiger partial charge in [-0.3, -0.25) is 9.59 Å². The number of carbonyl (C=O) groups excluding carboxylic acids is 2. The summed E-state index contributed by atoms with van der Waals surface area (Å²) in [6.07, 6.45) is 1.55. The third-order valence-electron chi connectivity index (χ3n) is 3.16. The summed E-state index contributed by atoms with van der Waals surface area (Å²) >= 11 is 3.24. The molecule has 1 fully saturated rings. The molecule has 0 unspecified atom stereocenters. The van der Waals surface area contributed by atoms with E-state index in [0.29, 0.717) is 36.3 Å². The van der Waals surface area contributed by atoms with Crippen molar-refractivity contribution in [2.24, 2.45) is 0 Å². The number of carbonyl (C=O) groups is 2. The van der Waals surface area contributed by atoms with E-state index in [4.69, 9.17) is 4.74 Å². The standard InChI is InChI=1S/C13H16BrN3O3/c1-20-9-12(18)16-4-6-17(7-5-16)13(19)10-2-3-11(14)15-8-10/h2-3,8H,4-7,9H2,1H3. The first-order valence-corrected chi connectivity index (χ1v) is 7.08. The van der Waals surface area contributed by atoms with E-state index >= 15 is 0 Å². The molecular weight excluding hydrogens is 326 g/mol. The predicted molar refractivity (Wildman–Crippen MR) is 76.3 cm³/mol. The maximum atomic E-state index is 12.3. The van der Waals surface area contributed by atoms with Gasteiger partial charge in [-0.1, -0.05) is 0 Å². The highest BCUT2D eigenvalue weighted by molar-refractivity contribution is 9.10. The fourth-order valence-electron chi connectivity index (χ4n) is 2.06. The number of pyridine rings is 1. The van der Waals surface area contributed by atoms with Crippen molar-refractivity contribution < 1.29 is 14.3 Å². The van der Waals surface area contributed by atoms with Gasteiger partial charge in [-0.15, -0.1) is 0 Å². The number of hydrogen-bond acceptors (Lipinski definition) is 4. The number of rotatable bonds is 3. The zero-order valence-electron chi connectivity index (χ0n) is 11.2. The summed E-state index contributed by atoms with van der Waals surface area (Å²) in [6, 6.07) is 3.48. The molecule has 1 saturated heterocycles. The zero-order valence-corrected chi connectivity index (χ0v) is 12.8. The van der Waals surface area contributed by atoms with Crippen molar-refractivity contribution in [1.82, 2.24) is 14.8 Å². The summed E-state index contributed by atoms with van der Waals surface area (Å²) in [4.78, 5) is 31.4. The van der Waals surface area contributed by atoms with Gasteiger partial charge in [-0.25, -0.2) is 4.98 Å². The number of halogens is 1. The Hall–Kier alpha value is -1.47. The van der Waals surface area contributed by atoms with E-state index in [1.165, 1.54) is 7.11 Å². The second-order valence-electron chi connectivity index (χ2n) is 4.48. The molecule has 20 heavy (non-hydrogen) atoms. The van der Waals surface area contributed by atoms with Gasteiger partial charge in [0.2, 0.25) is 5.91 Å². The smallest absolute Gasteiger partial charge is 0.255 e. The van der Waals surface area contributed by atoms with E-state index in [0.717, 1.165) is 0 Å². The van der Waals surface area contributed by atoms with Gasteiger partial charge in [-0.2, -0.15) is 0 Å². The second kappa shape index (κ2) is 6.81. The minimum atomic E-state index is -0.0520. The number of nitrogens with zero attached hydrogens (tertiary/aromatic N) is 3. The SMILES string of the molecule is COCC(=O)N1CCN(C(=O)c2ccc(Br)nc2)CC1. The summed E-state index contributed by atoms with van der Waals surface area (Å²) < 4.78 is 5.53. The van der Waals surface area contributed by atoms with Gasteiger partial charge < -0.3 is 14.5 Å². The molecule has 2 heterocycles. The summed E-state index contributed by atoms with van der Waals surface area (Å²) in [6.45, 7) is 2.23. The molecule has 0 saturated carbocycles. The number of ether oxygens (including phenoxy) is 1. The lowest BCUT2D eigenvalue weighted by Crippen LogP contribution is -2.51. The van der Waals surface area contributed by atoms with Gasteiger partial charge in [-0.05, 0) is 28.1 Å². The van der Waals surface area contributed by atoms with E-state index in [2.05, 4.69) is 20.9 Å². The Morgan fingerprint density at radius 1 is 1.25 bits per heavy atom. The molecule has 0 aromatic carbocycles. The van der Waals surface area contributed by atoms with Crippen molar-refractivity contribution in [3.05, 3.63) is 28.5 Å². The van der Waals surface area contributed by atoms with Crippen LogP contribution in [0, 0.1) is 0 Å². The van der Waals surface area contributed by atoms with E-state index in [1.54, 1.807) is 28.1 Å².